The number of rotatable bonds is 7. The Kier molecular flexibility index (Phi) is 7.01. The summed E-state index contributed by atoms with van der Waals surface area (Å²) < 4.78 is 39.7. The molecule has 1 aliphatic heterocycles. The number of likely N-dealkylation sites (tertiary alicyclic amines) is 1. The Labute approximate surface area is 220 Å². The van der Waals surface area contributed by atoms with E-state index in [1.54, 1.807) is 11.7 Å². The van der Waals surface area contributed by atoms with Crippen molar-refractivity contribution in [3.63, 3.8) is 0 Å². The second-order valence-corrected chi connectivity index (χ2v) is 10.7. The second kappa shape index (κ2) is 10.1. The van der Waals surface area contributed by atoms with Crippen molar-refractivity contribution in [2.24, 2.45) is 5.73 Å². The van der Waals surface area contributed by atoms with Crippen molar-refractivity contribution in [1.82, 2.24) is 20.2 Å². The first kappa shape index (κ1) is 26.3. The molecule has 0 unspecified atom stereocenters. The van der Waals surface area contributed by atoms with Crippen molar-refractivity contribution in [2.45, 2.75) is 49.5 Å². The van der Waals surface area contributed by atoms with Gasteiger partial charge in [0, 0.05) is 36.4 Å². The van der Waals surface area contributed by atoms with Crippen LogP contribution in [0, 0.1) is 0 Å². The van der Waals surface area contributed by atoms with Crippen LogP contribution < -0.4 is 16.4 Å². The number of nitrogens with one attached hydrogen (secondary N) is 2. The van der Waals surface area contributed by atoms with E-state index in [1.165, 1.54) is 23.5 Å². The maximum Gasteiger partial charge on any atom is 0.416 e. The summed E-state index contributed by atoms with van der Waals surface area (Å²) in [5.41, 5.74) is 5.57. The monoisotopic (exact) mass is 548 g/mol. The normalized spacial score (nSPS) is 22.7. The first-order chi connectivity index (χ1) is 18.0. The van der Waals surface area contributed by atoms with Gasteiger partial charge in [-0.1, -0.05) is 0 Å². The maximum absolute atomic E-state index is 13.2. The van der Waals surface area contributed by atoms with E-state index in [4.69, 9.17) is 5.73 Å². The zero-order valence-corrected chi connectivity index (χ0v) is 21.1. The topological polar surface area (TPSA) is 133 Å². The Bertz CT molecular complexity index is 1340. The quantitative estimate of drug-likeness (QED) is 0.357. The number of carbonyl (C=O) groups is 2. The lowest BCUT2D eigenvalue weighted by atomic mass is 9.80. The van der Waals surface area contributed by atoms with Gasteiger partial charge in [-0.15, -0.1) is 11.3 Å². The Morgan fingerprint density at radius 2 is 1.95 bits per heavy atom. The smallest absolute Gasteiger partial charge is 0.384 e. The largest absolute Gasteiger partial charge is 0.416 e. The number of alkyl halides is 3. The molecule has 0 bridgehead atoms. The van der Waals surface area contributed by atoms with Crippen LogP contribution >= 0.6 is 11.3 Å². The number of hydrogen-bond donors (Lipinski definition) is 4. The van der Waals surface area contributed by atoms with Gasteiger partial charge in [-0.25, -0.2) is 4.98 Å². The van der Waals surface area contributed by atoms with Crippen LogP contribution in [0.3, 0.4) is 0 Å². The van der Waals surface area contributed by atoms with Crippen LogP contribution in [-0.4, -0.2) is 63.5 Å². The van der Waals surface area contributed by atoms with E-state index in [1.807, 2.05) is 0 Å². The van der Waals surface area contributed by atoms with Gasteiger partial charge >= 0.3 is 6.18 Å². The number of anilines is 1. The first-order valence-corrected chi connectivity index (χ1v) is 13.1. The molecule has 5 N–H and O–H groups in total. The van der Waals surface area contributed by atoms with Crippen molar-refractivity contribution in [1.29, 1.82) is 0 Å². The fourth-order valence-corrected chi connectivity index (χ4v) is 5.95. The summed E-state index contributed by atoms with van der Waals surface area (Å²) in [5, 5.41) is 16.8. The Morgan fingerprint density at radius 1 is 1.21 bits per heavy atom. The highest BCUT2D eigenvalue weighted by molar-refractivity contribution is 7.09. The number of aromatic nitrogens is 2. The van der Waals surface area contributed by atoms with E-state index in [2.05, 4.69) is 25.5 Å². The molecule has 5 rings (SSSR count). The molecule has 202 valence electrons. The third-order valence-electron chi connectivity index (χ3n) is 7.29. The number of nitrogens with two attached hydrogens (primary N) is 1. The van der Waals surface area contributed by atoms with E-state index >= 15 is 0 Å². The van der Waals surface area contributed by atoms with Gasteiger partial charge < -0.3 is 21.5 Å². The summed E-state index contributed by atoms with van der Waals surface area (Å²) in [6.07, 6.45) is 0.217. The third kappa shape index (κ3) is 5.45. The van der Waals surface area contributed by atoms with E-state index in [0.29, 0.717) is 32.0 Å². The average Bonchev–Trinajstić information content (AvgIpc) is 3.40. The van der Waals surface area contributed by atoms with Crippen LogP contribution in [0.15, 0.2) is 36.0 Å². The van der Waals surface area contributed by atoms with Gasteiger partial charge in [-0.05, 0) is 49.9 Å². The zero-order chi connectivity index (χ0) is 27.1. The van der Waals surface area contributed by atoms with E-state index in [0.717, 1.165) is 29.9 Å². The first-order valence-electron chi connectivity index (χ1n) is 12.2. The van der Waals surface area contributed by atoms with Crippen molar-refractivity contribution in [3.05, 3.63) is 52.1 Å². The number of halogens is 3. The lowest BCUT2D eigenvalue weighted by Crippen LogP contribution is -2.63. The van der Waals surface area contributed by atoms with Crippen LogP contribution in [0.4, 0.5) is 18.9 Å². The van der Waals surface area contributed by atoms with E-state index in [-0.39, 0.29) is 40.8 Å². The van der Waals surface area contributed by atoms with E-state index < -0.39 is 23.2 Å². The molecule has 1 saturated carbocycles. The van der Waals surface area contributed by atoms with Gasteiger partial charge in [0.1, 0.15) is 11.3 Å². The molecule has 3 heterocycles. The molecule has 2 aromatic heterocycles. The third-order valence-corrected chi connectivity index (χ3v) is 8.26. The molecule has 3 aromatic rings. The van der Waals surface area contributed by atoms with Gasteiger partial charge in [-0.2, -0.15) is 13.2 Å². The Morgan fingerprint density at radius 3 is 2.58 bits per heavy atom. The van der Waals surface area contributed by atoms with Crippen LogP contribution in [0.25, 0.3) is 10.9 Å². The zero-order valence-electron chi connectivity index (χ0n) is 20.3. The molecule has 1 aromatic carbocycles. The predicted octanol–water partition coefficient (Wildman–Crippen LogP) is 2.85. The minimum absolute atomic E-state index is 0.0428. The molecule has 38 heavy (non-hydrogen) atoms. The lowest BCUT2D eigenvalue weighted by Gasteiger charge is -2.48. The number of fused-ring (bicyclic) bond motifs is 1. The molecule has 1 aliphatic carbocycles. The highest BCUT2D eigenvalue weighted by Crippen LogP contribution is 2.41. The number of aliphatic hydroxyl groups is 1. The average molecular weight is 549 g/mol. The van der Waals surface area contributed by atoms with Crippen molar-refractivity contribution in [3.8, 4) is 0 Å². The van der Waals surface area contributed by atoms with Gasteiger partial charge in [0.2, 0.25) is 5.91 Å². The molecule has 9 nitrogen and oxygen atoms in total. The van der Waals surface area contributed by atoms with Crippen LogP contribution in [0.5, 0.6) is 0 Å². The lowest BCUT2D eigenvalue weighted by molar-refractivity contribution is -0.137. The molecule has 13 heteroatoms. The van der Waals surface area contributed by atoms with Crippen LogP contribution in [0.2, 0.25) is 0 Å². The van der Waals surface area contributed by atoms with Gasteiger partial charge in [0.25, 0.3) is 5.91 Å². The van der Waals surface area contributed by atoms with Crippen molar-refractivity contribution >= 4 is 39.7 Å². The summed E-state index contributed by atoms with van der Waals surface area (Å²) in [7, 11) is 0. The number of nitrogens with zero attached hydrogens (tertiary/aromatic N) is 3. The SMILES string of the molecule is NC(=O)c1cc(NCC(=O)NC2CN(C3CCC(O)(c4cncs4)CC3)C2)c2cc(C(F)(F)F)ccc2n1. The standard InChI is InChI=1S/C25H27F3N6O3S/c26-25(27,28)14-1-2-18-17(7-14)19(8-20(33-18)23(29)36)31-10-22(35)32-15-11-34(12-15)16-3-5-24(37,6-4-16)21-9-30-13-38-21/h1-2,7-9,13,15-16,37H,3-6,10-12H2,(H2,29,36)(H,31,33)(H,32,35). The minimum Gasteiger partial charge on any atom is -0.384 e. The highest BCUT2D eigenvalue weighted by Gasteiger charge is 2.41. The number of thiazole rings is 1. The molecular weight excluding hydrogens is 521 g/mol. The van der Waals surface area contributed by atoms with Crippen molar-refractivity contribution in [2.75, 3.05) is 25.0 Å². The summed E-state index contributed by atoms with van der Waals surface area (Å²) in [6.45, 7) is 1.18. The molecule has 1 saturated heterocycles. The molecule has 0 radical (unpaired) electrons. The number of benzene rings is 1. The molecule has 2 fully saturated rings. The molecule has 0 atom stereocenters. The van der Waals surface area contributed by atoms with Gasteiger partial charge in [0.05, 0.1) is 34.1 Å². The number of carbonyl (C=O) groups excluding carboxylic acids is 2. The van der Waals surface area contributed by atoms with Gasteiger partial charge in [-0.3, -0.25) is 19.5 Å². The minimum atomic E-state index is -4.56. The Balaban J connectivity index is 1.15. The summed E-state index contributed by atoms with van der Waals surface area (Å²) in [4.78, 5) is 35.5. The molecule has 2 aliphatic rings. The second-order valence-electron chi connectivity index (χ2n) is 9.85. The number of hydrogen-bond acceptors (Lipinski definition) is 8. The fraction of sp³-hybridized carbons (Fsp3) is 0.440. The van der Waals surface area contributed by atoms with Gasteiger partial charge in [0.15, 0.2) is 0 Å². The summed E-state index contributed by atoms with van der Waals surface area (Å²) in [6, 6.07) is 4.52. The predicted molar refractivity (Wildman–Crippen MR) is 136 cm³/mol. The number of primary amides is 1. The maximum atomic E-state index is 13.2. The van der Waals surface area contributed by atoms with E-state index in [9.17, 15) is 27.9 Å². The number of amides is 2. The number of pyridine rings is 1. The van der Waals surface area contributed by atoms with Crippen molar-refractivity contribution < 1.29 is 27.9 Å². The molecule has 2 amide bonds. The molecule has 0 spiro atoms. The fourth-order valence-electron chi connectivity index (χ4n) is 5.17. The highest BCUT2D eigenvalue weighted by atomic mass is 32.1. The van der Waals surface area contributed by atoms with Crippen LogP contribution in [-0.2, 0) is 16.6 Å². The van der Waals surface area contributed by atoms with Crippen LogP contribution in [0.1, 0.15) is 46.6 Å². The Hall–Kier alpha value is -3.29. The molecular formula is C25H27F3N6O3S. The summed E-state index contributed by atoms with van der Waals surface area (Å²) >= 11 is 1.47. The summed E-state index contributed by atoms with van der Waals surface area (Å²) in [5.74, 6) is -1.16.